The maximum Gasteiger partial charge on any atom is 0.172 e. The standard InChI is InChI=1S/C21H23NO2/c1-24-19-15-22(14-16-7-3-2-4-8-16)12-11-21(19)13-17-9-5-6-10-18(17)20(21)23/h2-10,19H,11-15H2,1H3. The first-order chi connectivity index (χ1) is 11.7. The van der Waals surface area contributed by atoms with Crippen molar-refractivity contribution >= 4 is 5.78 Å². The summed E-state index contributed by atoms with van der Waals surface area (Å²) in [6.45, 7) is 2.66. The highest BCUT2D eigenvalue weighted by Crippen LogP contribution is 2.45. The molecule has 0 radical (unpaired) electrons. The average Bonchev–Trinajstić information content (AvgIpc) is 2.91. The van der Waals surface area contributed by atoms with Crippen LogP contribution in [0.2, 0.25) is 0 Å². The minimum absolute atomic E-state index is 0.0464. The SMILES string of the molecule is COC1CN(Cc2ccccc2)CCC12Cc1ccccc1C2=O. The first-order valence-electron chi connectivity index (χ1n) is 8.65. The van der Waals surface area contributed by atoms with Crippen LogP contribution in [0.25, 0.3) is 0 Å². The summed E-state index contributed by atoms with van der Waals surface area (Å²) in [5.74, 6) is 0.282. The Hall–Kier alpha value is -1.97. The van der Waals surface area contributed by atoms with E-state index in [-0.39, 0.29) is 17.3 Å². The first kappa shape index (κ1) is 15.6. The van der Waals surface area contributed by atoms with Crippen LogP contribution in [0.15, 0.2) is 54.6 Å². The zero-order valence-corrected chi connectivity index (χ0v) is 14.1. The van der Waals surface area contributed by atoms with Crippen molar-refractivity contribution < 1.29 is 9.53 Å². The van der Waals surface area contributed by atoms with Crippen LogP contribution in [0.1, 0.15) is 27.9 Å². The van der Waals surface area contributed by atoms with E-state index in [9.17, 15) is 4.79 Å². The van der Waals surface area contributed by atoms with Gasteiger partial charge in [-0.1, -0.05) is 54.6 Å². The van der Waals surface area contributed by atoms with E-state index in [0.29, 0.717) is 0 Å². The molecule has 0 amide bonds. The van der Waals surface area contributed by atoms with Crippen LogP contribution in [0.5, 0.6) is 0 Å². The third-order valence-electron chi connectivity index (χ3n) is 5.67. The van der Waals surface area contributed by atoms with Gasteiger partial charge in [-0.05, 0) is 30.5 Å². The van der Waals surface area contributed by atoms with Gasteiger partial charge in [0.05, 0.1) is 11.5 Å². The van der Waals surface area contributed by atoms with E-state index in [1.165, 1.54) is 11.1 Å². The number of piperidine rings is 1. The number of carbonyl (C=O) groups is 1. The number of carbonyl (C=O) groups excluding carboxylic acids is 1. The van der Waals surface area contributed by atoms with Crippen molar-refractivity contribution in [1.82, 2.24) is 4.90 Å². The number of hydrogen-bond donors (Lipinski definition) is 0. The molecule has 0 bridgehead atoms. The number of benzene rings is 2. The molecule has 3 heteroatoms. The predicted octanol–water partition coefficient (Wildman–Crippen LogP) is 3.33. The molecule has 0 N–H and O–H groups in total. The maximum absolute atomic E-state index is 13.1. The number of methoxy groups -OCH3 is 1. The Labute approximate surface area is 143 Å². The van der Waals surface area contributed by atoms with E-state index < -0.39 is 0 Å². The van der Waals surface area contributed by atoms with Gasteiger partial charge in [0.15, 0.2) is 5.78 Å². The molecule has 1 heterocycles. The predicted molar refractivity (Wildman–Crippen MR) is 94.0 cm³/mol. The minimum Gasteiger partial charge on any atom is -0.379 e. The van der Waals surface area contributed by atoms with E-state index in [1.54, 1.807) is 7.11 Å². The number of nitrogens with zero attached hydrogens (tertiary/aromatic N) is 1. The fourth-order valence-corrected chi connectivity index (χ4v) is 4.35. The molecule has 1 saturated heterocycles. The van der Waals surface area contributed by atoms with Gasteiger partial charge in [0, 0.05) is 25.8 Å². The third-order valence-corrected chi connectivity index (χ3v) is 5.67. The van der Waals surface area contributed by atoms with Crippen molar-refractivity contribution in [1.29, 1.82) is 0 Å². The Morgan fingerprint density at radius 3 is 2.62 bits per heavy atom. The first-order valence-corrected chi connectivity index (χ1v) is 8.65. The Bertz CT molecular complexity index is 743. The van der Waals surface area contributed by atoms with Crippen LogP contribution >= 0.6 is 0 Å². The fourth-order valence-electron chi connectivity index (χ4n) is 4.35. The zero-order chi connectivity index (χ0) is 16.6. The van der Waals surface area contributed by atoms with Gasteiger partial charge in [-0.15, -0.1) is 0 Å². The second-order valence-electron chi connectivity index (χ2n) is 7.01. The number of ketones is 1. The number of Topliss-reactive ketones (excluding diaryl/α,β-unsaturated/α-hetero) is 1. The molecule has 0 saturated carbocycles. The van der Waals surface area contributed by atoms with Crippen molar-refractivity contribution in [3.8, 4) is 0 Å². The van der Waals surface area contributed by atoms with E-state index in [4.69, 9.17) is 4.74 Å². The Kier molecular flexibility index (Phi) is 3.99. The van der Waals surface area contributed by atoms with Crippen molar-refractivity contribution in [2.24, 2.45) is 5.41 Å². The molecule has 2 unspecified atom stereocenters. The molecule has 2 aliphatic rings. The third kappa shape index (κ3) is 2.48. The van der Waals surface area contributed by atoms with E-state index in [0.717, 1.165) is 38.0 Å². The molecule has 3 nitrogen and oxygen atoms in total. The van der Waals surface area contributed by atoms with Crippen LogP contribution in [0, 0.1) is 5.41 Å². The second-order valence-corrected chi connectivity index (χ2v) is 7.01. The summed E-state index contributed by atoms with van der Waals surface area (Å²) in [4.78, 5) is 15.5. The fraction of sp³-hybridized carbons (Fsp3) is 0.381. The largest absolute Gasteiger partial charge is 0.379 e. The monoisotopic (exact) mass is 321 g/mol. The number of fused-ring (bicyclic) bond motifs is 1. The molecule has 1 fully saturated rings. The van der Waals surface area contributed by atoms with E-state index in [1.807, 2.05) is 24.3 Å². The molecular formula is C21H23NO2. The molecule has 1 spiro atoms. The smallest absolute Gasteiger partial charge is 0.172 e. The highest BCUT2D eigenvalue weighted by molar-refractivity contribution is 6.05. The summed E-state index contributed by atoms with van der Waals surface area (Å²) in [6.07, 6.45) is 1.64. The van der Waals surface area contributed by atoms with Gasteiger partial charge in [0.1, 0.15) is 0 Å². The number of ether oxygens (including phenoxy) is 1. The number of hydrogen-bond acceptors (Lipinski definition) is 3. The lowest BCUT2D eigenvalue weighted by molar-refractivity contribution is -0.0526. The maximum atomic E-state index is 13.1. The van der Waals surface area contributed by atoms with Gasteiger partial charge < -0.3 is 4.74 Å². The van der Waals surface area contributed by atoms with Crippen LogP contribution in [-0.2, 0) is 17.7 Å². The molecule has 1 aliphatic heterocycles. The topological polar surface area (TPSA) is 29.5 Å². The normalized spacial score (nSPS) is 26.7. The summed E-state index contributed by atoms with van der Waals surface area (Å²) in [5, 5.41) is 0. The molecule has 2 atom stereocenters. The van der Waals surface area contributed by atoms with Crippen molar-refractivity contribution in [3.63, 3.8) is 0 Å². The lowest BCUT2D eigenvalue weighted by atomic mass is 9.72. The molecule has 124 valence electrons. The minimum atomic E-state index is -0.369. The highest BCUT2D eigenvalue weighted by atomic mass is 16.5. The van der Waals surface area contributed by atoms with Gasteiger partial charge >= 0.3 is 0 Å². The summed E-state index contributed by atoms with van der Waals surface area (Å²) >= 11 is 0. The van der Waals surface area contributed by atoms with Crippen molar-refractivity contribution in [3.05, 3.63) is 71.3 Å². The van der Waals surface area contributed by atoms with Gasteiger partial charge in [0.2, 0.25) is 0 Å². The lowest BCUT2D eigenvalue weighted by Gasteiger charge is -2.44. The van der Waals surface area contributed by atoms with E-state index in [2.05, 4.69) is 35.2 Å². The number of likely N-dealkylation sites (tertiary alicyclic amines) is 1. The molecule has 2 aromatic rings. The molecule has 2 aromatic carbocycles. The summed E-state index contributed by atoms with van der Waals surface area (Å²) in [7, 11) is 1.74. The second kappa shape index (κ2) is 6.15. The quantitative estimate of drug-likeness (QED) is 0.868. The molecule has 4 rings (SSSR count). The molecule has 1 aliphatic carbocycles. The number of rotatable bonds is 3. The van der Waals surface area contributed by atoms with Gasteiger partial charge in [-0.2, -0.15) is 0 Å². The zero-order valence-electron chi connectivity index (χ0n) is 14.1. The molecular weight excluding hydrogens is 298 g/mol. The average molecular weight is 321 g/mol. The Morgan fingerprint density at radius 1 is 1.12 bits per heavy atom. The molecule has 0 aromatic heterocycles. The van der Waals surface area contributed by atoms with Gasteiger partial charge in [0.25, 0.3) is 0 Å². The Morgan fingerprint density at radius 2 is 1.88 bits per heavy atom. The summed E-state index contributed by atoms with van der Waals surface area (Å²) in [5.41, 5.74) is 3.02. The van der Waals surface area contributed by atoms with Gasteiger partial charge in [-0.25, -0.2) is 0 Å². The van der Waals surface area contributed by atoms with E-state index >= 15 is 0 Å². The van der Waals surface area contributed by atoms with Crippen molar-refractivity contribution in [2.45, 2.75) is 25.5 Å². The summed E-state index contributed by atoms with van der Waals surface area (Å²) < 4.78 is 5.84. The summed E-state index contributed by atoms with van der Waals surface area (Å²) in [6, 6.07) is 18.5. The van der Waals surface area contributed by atoms with Crippen LogP contribution in [0.3, 0.4) is 0 Å². The Balaban J connectivity index is 1.55. The highest BCUT2D eigenvalue weighted by Gasteiger charge is 2.53. The van der Waals surface area contributed by atoms with Crippen molar-refractivity contribution in [2.75, 3.05) is 20.2 Å². The van der Waals surface area contributed by atoms with Crippen LogP contribution in [-0.4, -0.2) is 37.0 Å². The lowest BCUT2D eigenvalue weighted by Crippen LogP contribution is -2.54. The van der Waals surface area contributed by atoms with Gasteiger partial charge in [-0.3, -0.25) is 9.69 Å². The molecule has 24 heavy (non-hydrogen) atoms. The van der Waals surface area contributed by atoms with Crippen LogP contribution < -0.4 is 0 Å². The van der Waals surface area contributed by atoms with Crippen LogP contribution in [0.4, 0.5) is 0 Å².